The normalized spacial score (nSPS) is 10.7. The van der Waals surface area contributed by atoms with Crippen molar-refractivity contribution in [3.05, 3.63) is 64.7 Å². The van der Waals surface area contributed by atoms with Gasteiger partial charge < -0.3 is 14.8 Å². The van der Waals surface area contributed by atoms with Gasteiger partial charge >= 0.3 is 5.97 Å². The van der Waals surface area contributed by atoms with Crippen molar-refractivity contribution in [2.75, 3.05) is 13.2 Å². The number of hydrogen-bond donors (Lipinski definition) is 1. The molecule has 0 aliphatic heterocycles. The van der Waals surface area contributed by atoms with E-state index in [0.717, 1.165) is 26.4 Å². The largest absolute Gasteiger partial charge is 0.454 e. The Hall–Kier alpha value is -2.77. The van der Waals surface area contributed by atoms with E-state index in [-0.39, 0.29) is 25.7 Å². The van der Waals surface area contributed by atoms with Gasteiger partial charge in [0.2, 0.25) is 0 Å². The maximum Gasteiger partial charge on any atom is 0.332 e. The molecule has 0 spiro atoms. The Morgan fingerprint density at radius 3 is 2.67 bits per heavy atom. The number of aryl methyl sites for hydroxylation is 1. The highest BCUT2D eigenvalue weighted by atomic mass is 32.1. The molecule has 2 aromatic carbocycles. The molecule has 0 aliphatic rings. The van der Waals surface area contributed by atoms with Gasteiger partial charge in [0.1, 0.15) is 11.6 Å². The van der Waals surface area contributed by atoms with Gasteiger partial charge in [0.15, 0.2) is 6.61 Å². The number of rotatable bonds is 8. The van der Waals surface area contributed by atoms with Crippen molar-refractivity contribution in [3.63, 3.8) is 0 Å². The quantitative estimate of drug-likeness (QED) is 0.604. The Bertz CT molecular complexity index is 905. The number of carbonyl (C=O) groups is 2. The molecule has 0 bridgehead atoms. The smallest absolute Gasteiger partial charge is 0.332 e. The molecule has 0 unspecified atom stereocenters. The number of hydrogen-bond acceptors (Lipinski definition) is 6. The van der Waals surface area contributed by atoms with Crippen LogP contribution in [-0.2, 0) is 32.2 Å². The van der Waals surface area contributed by atoms with Gasteiger partial charge in [0.05, 0.1) is 16.8 Å². The SMILES string of the molecule is Cc1ccccc1CNC(=O)COC(=O)COCc1nc2ccccc2s1. The van der Waals surface area contributed by atoms with Crippen molar-refractivity contribution in [3.8, 4) is 0 Å². The summed E-state index contributed by atoms with van der Waals surface area (Å²) in [5.41, 5.74) is 3.03. The molecular formula is C20H20N2O4S. The highest BCUT2D eigenvalue weighted by Gasteiger charge is 2.09. The van der Waals surface area contributed by atoms with E-state index in [9.17, 15) is 9.59 Å². The molecule has 3 aromatic rings. The van der Waals surface area contributed by atoms with Gasteiger partial charge in [0.25, 0.3) is 5.91 Å². The molecule has 1 heterocycles. The first kappa shape index (κ1) is 19.0. The highest BCUT2D eigenvalue weighted by Crippen LogP contribution is 2.21. The Morgan fingerprint density at radius 2 is 1.85 bits per heavy atom. The minimum Gasteiger partial charge on any atom is -0.454 e. The molecule has 27 heavy (non-hydrogen) atoms. The first-order valence-electron chi connectivity index (χ1n) is 8.51. The fraction of sp³-hybridized carbons (Fsp3) is 0.250. The van der Waals surface area contributed by atoms with Crippen molar-refractivity contribution in [1.29, 1.82) is 0 Å². The Kier molecular flexibility index (Phi) is 6.51. The number of ether oxygens (including phenoxy) is 2. The molecule has 0 saturated heterocycles. The van der Waals surface area contributed by atoms with Crippen molar-refractivity contribution >= 4 is 33.4 Å². The van der Waals surface area contributed by atoms with Crippen molar-refractivity contribution < 1.29 is 19.1 Å². The number of thiazole rings is 1. The first-order valence-corrected chi connectivity index (χ1v) is 9.32. The van der Waals surface area contributed by atoms with Crippen LogP contribution in [0.2, 0.25) is 0 Å². The number of nitrogens with zero attached hydrogens (tertiary/aromatic N) is 1. The summed E-state index contributed by atoms with van der Waals surface area (Å²) in [7, 11) is 0. The standard InChI is InChI=1S/C20H20N2O4S/c1-14-6-2-3-7-15(14)10-21-18(23)11-26-20(24)13-25-12-19-22-16-8-4-5-9-17(16)27-19/h2-9H,10-13H2,1H3,(H,21,23). The number of amides is 1. The van der Waals surface area contributed by atoms with Crippen LogP contribution in [0.15, 0.2) is 48.5 Å². The van der Waals surface area contributed by atoms with Crippen LogP contribution in [0, 0.1) is 6.92 Å². The molecule has 6 nitrogen and oxygen atoms in total. The predicted molar refractivity (Wildman–Crippen MR) is 103 cm³/mol. The van der Waals surface area contributed by atoms with Crippen LogP contribution >= 0.6 is 11.3 Å². The number of carbonyl (C=O) groups excluding carboxylic acids is 2. The Morgan fingerprint density at radius 1 is 1.07 bits per heavy atom. The average molecular weight is 384 g/mol. The van der Waals surface area contributed by atoms with E-state index in [0.29, 0.717) is 6.54 Å². The van der Waals surface area contributed by atoms with Gasteiger partial charge in [-0.05, 0) is 30.2 Å². The molecule has 1 N–H and O–H groups in total. The van der Waals surface area contributed by atoms with Crippen LogP contribution in [0.1, 0.15) is 16.1 Å². The summed E-state index contributed by atoms with van der Waals surface area (Å²) >= 11 is 1.52. The van der Waals surface area contributed by atoms with Gasteiger partial charge in [-0.3, -0.25) is 4.79 Å². The molecule has 7 heteroatoms. The summed E-state index contributed by atoms with van der Waals surface area (Å²) in [6, 6.07) is 15.6. The Balaban J connectivity index is 1.34. The number of para-hydroxylation sites is 1. The third-order valence-electron chi connectivity index (χ3n) is 3.89. The molecule has 1 aromatic heterocycles. The first-order chi connectivity index (χ1) is 13.1. The Labute approximate surface area is 161 Å². The monoisotopic (exact) mass is 384 g/mol. The third kappa shape index (κ3) is 5.60. The average Bonchev–Trinajstić information content (AvgIpc) is 3.08. The molecule has 0 radical (unpaired) electrons. The van der Waals surface area contributed by atoms with E-state index >= 15 is 0 Å². The van der Waals surface area contributed by atoms with Crippen LogP contribution in [0.4, 0.5) is 0 Å². The molecule has 0 atom stereocenters. The van der Waals surface area contributed by atoms with Crippen molar-refractivity contribution in [2.45, 2.75) is 20.1 Å². The summed E-state index contributed by atoms with van der Waals surface area (Å²) in [4.78, 5) is 27.9. The number of aromatic nitrogens is 1. The van der Waals surface area contributed by atoms with E-state index in [1.807, 2.05) is 55.5 Å². The molecule has 0 saturated carbocycles. The minimum absolute atomic E-state index is 0.221. The lowest BCUT2D eigenvalue weighted by atomic mass is 10.1. The van der Waals surface area contributed by atoms with Gasteiger partial charge in [-0.25, -0.2) is 9.78 Å². The summed E-state index contributed by atoms with van der Waals surface area (Å²) in [6.07, 6.45) is 0. The second kappa shape index (κ2) is 9.25. The summed E-state index contributed by atoms with van der Waals surface area (Å²) in [6.45, 7) is 2.06. The zero-order valence-corrected chi connectivity index (χ0v) is 15.8. The van der Waals surface area contributed by atoms with Gasteiger partial charge in [-0.1, -0.05) is 36.4 Å². The second-order valence-corrected chi connectivity index (χ2v) is 7.05. The molecule has 0 fully saturated rings. The fourth-order valence-corrected chi connectivity index (χ4v) is 3.35. The molecule has 0 aliphatic carbocycles. The summed E-state index contributed by atoms with van der Waals surface area (Å²) < 4.78 is 11.3. The lowest BCUT2D eigenvalue weighted by molar-refractivity contribution is -0.153. The van der Waals surface area contributed by atoms with E-state index in [4.69, 9.17) is 9.47 Å². The number of nitrogens with one attached hydrogen (secondary N) is 1. The van der Waals surface area contributed by atoms with Crippen LogP contribution in [-0.4, -0.2) is 30.1 Å². The maximum atomic E-state index is 11.8. The van der Waals surface area contributed by atoms with Crippen LogP contribution in [0.25, 0.3) is 10.2 Å². The highest BCUT2D eigenvalue weighted by molar-refractivity contribution is 7.18. The second-order valence-electron chi connectivity index (χ2n) is 5.93. The lowest BCUT2D eigenvalue weighted by Gasteiger charge is -2.08. The van der Waals surface area contributed by atoms with Gasteiger partial charge in [-0.15, -0.1) is 11.3 Å². The summed E-state index contributed by atoms with van der Waals surface area (Å²) in [5, 5.41) is 3.52. The number of benzene rings is 2. The van der Waals surface area contributed by atoms with E-state index in [2.05, 4.69) is 10.3 Å². The van der Waals surface area contributed by atoms with E-state index in [1.165, 1.54) is 11.3 Å². The molecule has 1 amide bonds. The predicted octanol–water partition coefficient (Wildman–Crippen LogP) is 2.98. The minimum atomic E-state index is -0.581. The van der Waals surface area contributed by atoms with Crippen molar-refractivity contribution in [2.24, 2.45) is 0 Å². The van der Waals surface area contributed by atoms with Crippen molar-refractivity contribution in [1.82, 2.24) is 10.3 Å². The van der Waals surface area contributed by atoms with E-state index in [1.54, 1.807) is 0 Å². The maximum absolute atomic E-state index is 11.8. The van der Waals surface area contributed by atoms with E-state index < -0.39 is 5.97 Å². The zero-order chi connectivity index (χ0) is 19.1. The van der Waals surface area contributed by atoms with Crippen LogP contribution in [0.5, 0.6) is 0 Å². The summed E-state index contributed by atoms with van der Waals surface area (Å²) in [5.74, 6) is -0.931. The lowest BCUT2D eigenvalue weighted by Crippen LogP contribution is -2.29. The van der Waals surface area contributed by atoms with Crippen LogP contribution < -0.4 is 5.32 Å². The number of esters is 1. The van der Waals surface area contributed by atoms with Gasteiger partial charge in [-0.2, -0.15) is 0 Å². The van der Waals surface area contributed by atoms with Gasteiger partial charge in [0, 0.05) is 6.54 Å². The third-order valence-corrected chi connectivity index (χ3v) is 4.90. The molecular weight excluding hydrogens is 364 g/mol. The van der Waals surface area contributed by atoms with Crippen LogP contribution in [0.3, 0.4) is 0 Å². The fourth-order valence-electron chi connectivity index (χ4n) is 2.44. The zero-order valence-electron chi connectivity index (χ0n) is 14.9. The number of fused-ring (bicyclic) bond motifs is 1. The molecule has 3 rings (SSSR count). The topological polar surface area (TPSA) is 77.5 Å². The molecule has 140 valence electrons.